The molecule has 10 heteroatoms. The minimum atomic E-state index is -0.848. The molecule has 0 spiro atoms. The molecule has 3 aromatic rings. The van der Waals surface area contributed by atoms with Crippen molar-refractivity contribution in [3.05, 3.63) is 87.7 Å². The Morgan fingerprint density at radius 1 is 1.10 bits per heavy atom. The molecule has 0 saturated heterocycles. The molecular formula is C30H34ClN5O4. The van der Waals surface area contributed by atoms with Crippen molar-refractivity contribution in [2.24, 2.45) is 10.9 Å². The van der Waals surface area contributed by atoms with Gasteiger partial charge in [-0.1, -0.05) is 35.9 Å². The molecule has 2 aromatic heterocycles. The number of anilines is 1. The Hall–Kier alpha value is -3.82. The van der Waals surface area contributed by atoms with Crippen LogP contribution in [0.3, 0.4) is 0 Å². The maximum absolute atomic E-state index is 13.6. The van der Waals surface area contributed by atoms with Gasteiger partial charge in [0.15, 0.2) is 0 Å². The molecule has 4 rings (SSSR count). The first-order valence-electron chi connectivity index (χ1n) is 13.2. The maximum atomic E-state index is 13.6. The number of rotatable bonds is 10. The quantitative estimate of drug-likeness (QED) is 0.268. The molecule has 1 aliphatic rings. The van der Waals surface area contributed by atoms with Gasteiger partial charge < -0.3 is 19.4 Å². The van der Waals surface area contributed by atoms with E-state index in [1.807, 2.05) is 26.8 Å². The van der Waals surface area contributed by atoms with E-state index in [0.717, 1.165) is 17.2 Å². The molecule has 3 heterocycles. The van der Waals surface area contributed by atoms with Crippen LogP contribution in [0, 0.1) is 26.7 Å². The number of pyridine rings is 1. The number of benzene rings is 1. The number of amides is 1. The first-order valence-corrected chi connectivity index (χ1v) is 13.6. The van der Waals surface area contributed by atoms with E-state index < -0.39 is 17.8 Å². The number of aliphatic imine (C=N–C) groups is 1. The molecule has 0 saturated carbocycles. The molecule has 1 N–H and O–H groups in total. The molecule has 9 nitrogen and oxygen atoms in total. The van der Waals surface area contributed by atoms with Crippen LogP contribution >= 0.6 is 11.6 Å². The van der Waals surface area contributed by atoms with E-state index in [4.69, 9.17) is 21.1 Å². The van der Waals surface area contributed by atoms with Crippen LogP contribution in [0.1, 0.15) is 42.5 Å². The average molecular weight is 564 g/mol. The van der Waals surface area contributed by atoms with Crippen molar-refractivity contribution in [3.63, 3.8) is 0 Å². The monoisotopic (exact) mass is 563 g/mol. The lowest BCUT2D eigenvalue weighted by atomic mass is 9.77. The largest absolute Gasteiger partial charge is 0.460 e. The molecule has 210 valence electrons. The van der Waals surface area contributed by atoms with Gasteiger partial charge in [-0.2, -0.15) is 0 Å². The highest BCUT2D eigenvalue weighted by Crippen LogP contribution is 2.41. The van der Waals surface area contributed by atoms with E-state index in [9.17, 15) is 9.59 Å². The van der Waals surface area contributed by atoms with Crippen LogP contribution in [0.4, 0.5) is 5.82 Å². The number of nitrogens with one attached hydrogen (secondary N) is 1. The summed E-state index contributed by atoms with van der Waals surface area (Å²) in [6, 6.07) is 12.4. The van der Waals surface area contributed by atoms with Crippen LogP contribution in [0.2, 0.25) is 5.02 Å². The first kappa shape index (κ1) is 29.2. The van der Waals surface area contributed by atoms with Gasteiger partial charge in [0.25, 0.3) is 0 Å². The summed E-state index contributed by atoms with van der Waals surface area (Å²) in [5.41, 5.74) is 3.32. The van der Waals surface area contributed by atoms with Crippen LogP contribution < -0.4 is 5.32 Å². The van der Waals surface area contributed by atoms with Crippen LogP contribution in [0.15, 0.2) is 64.9 Å². The van der Waals surface area contributed by atoms with Gasteiger partial charge in [0.05, 0.1) is 42.2 Å². The lowest BCUT2D eigenvalue weighted by Gasteiger charge is -2.31. The normalized spacial score (nSPS) is 16.9. The molecule has 2 atom stereocenters. The third-order valence-electron chi connectivity index (χ3n) is 6.74. The summed E-state index contributed by atoms with van der Waals surface area (Å²) in [6.07, 6.45) is 2.76. The van der Waals surface area contributed by atoms with Crippen LogP contribution in [0.5, 0.6) is 0 Å². The molecule has 0 bridgehead atoms. The summed E-state index contributed by atoms with van der Waals surface area (Å²) < 4.78 is 13.7. The fraction of sp³-hybridized carbons (Fsp3) is 0.367. The van der Waals surface area contributed by atoms with Crippen molar-refractivity contribution in [3.8, 4) is 0 Å². The Balaban J connectivity index is 1.67. The van der Waals surface area contributed by atoms with E-state index >= 15 is 0 Å². The molecule has 40 heavy (non-hydrogen) atoms. The number of nitrogens with zero attached hydrogens (tertiary/aromatic N) is 4. The van der Waals surface area contributed by atoms with E-state index in [2.05, 4.69) is 24.8 Å². The Kier molecular flexibility index (Phi) is 9.50. The second-order valence-electron chi connectivity index (χ2n) is 9.86. The minimum Gasteiger partial charge on any atom is -0.460 e. The van der Waals surface area contributed by atoms with E-state index in [-0.39, 0.29) is 24.2 Å². The molecule has 1 aliphatic heterocycles. The number of imidazole rings is 1. The number of carbonyl (C=O) groups is 2. The summed E-state index contributed by atoms with van der Waals surface area (Å²) >= 11 is 6.63. The zero-order valence-electron chi connectivity index (χ0n) is 23.3. The van der Waals surface area contributed by atoms with Gasteiger partial charge in [0.1, 0.15) is 11.6 Å². The van der Waals surface area contributed by atoms with Crippen molar-refractivity contribution in [1.82, 2.24) is 14.5 Å². The predicted molar refractivity (Wildman–Crippen MR) is 155 cm³/mol. The van der Waals surface area contributed by atoms with E-state index in [0.29, 0.717) is 35.3 Å². The highest BCUT2D eigenvalue weighted by Gasteiger charge is 2.40. The number of hydrogen-bond donors (Lipinski definition) is 1. The van der Waals surface area contributed by atoms with Crippen LogP contribution in [-0.2, 0) is 25.6 Å². The number of aromatic nitrogens is 3. The molecule has 0 radical (unpaired) electrons. The Morgan fingerprint density at radius 2 is 1.85 bits per heavy atom. The summed E-state index contributed by atoms with van der Waals surface area (Å²) in [4.78, 5) is 40.4. The first-order chi connectivity index (χ1) is 19.2. The smallest absolute Gasteiger partial charge is 0.336 e. The number of ether oxygens (including phenoxy) is 2. The second kappa shape index (κ2) is 13.0. The Labute approximate surface area is 239 Å². The van der Waals surface area contributed by atoms with Gasteiger partial charge in [-0.05, 0) is 58.4 Å². The van der Waals surface area contributed by atoms with Crippen molar-refractivity contribution in [1.29, 1.82) is 0 Å². The van der Waals surface area contributed by atoms with E-state index in [1.54, 1.807) is 62.7 Å². The predicted octanol–water partition coefficient (Wildman–Crippen LogP) is 5.20. The third-order valence-corrected chi connectivity index (χ3v) is 7.08. The number of halogens is 1. The summed E-state index contributed by atoms with van der Waals surface area (Å²) in [6.45, 7) is 10.5. The van der Waals surface area contributed by atoms with Crippen LogP contribution in [0.25, 0.3) is 0 Å². The van der Waals surface area contributed by atoms with E-state index in [1.165, 1.54) is 0 Å². The lowest BCUT2D eigenvalue weighted by Crippen LogP contribution is -2.36. The number of hydrogen-bond acceptors (Lipinski definition) is 7. The van der Waals surface area contributed by atoms with Gasteiger partial charge in [-0.15, -0.1) is 0 Å². The highest BCUT2D eigenvalue weighted by molar-refractivity contribution is 6.31. The van der Waals surface area contributed by atoms with Gasteiger partial charge in [-0.25, -0.2) is 14.8 Å². The fourth-order valence-electron chi connectivity index (χ4n) is 4.74. The summed E-state index contributed by atoms with van der Waals surface area (Å²) in [5, 5.41) is 3.26. The van der Waals surface area contributed by atoms with Gasteiger partial charge in [-0.3, -0.25) is 9.79 Å². The molecule has 0 fully saturated rings. The second-order valence-corrected chi connectivity index (χ2v) is 10.3. The molecule has 2 unspecified atom stereocenters. The molecule has 1 amide bonds. The molecule has 1 aromatic carbocycles. The van der Waals surface area contributed by atoms with Crippen molar-refractivity contribution in [2.75, 3.05) is 18.5 Å². The third kappa shape index (κ3) is 6.66. The topological polar surface area (TPSA) is 108 Å². The zero-order valence-corrected chi connectivity index (χ0v) is 24.1. The molecule has 0 aliphatic carbocycles. The SMILES string of the molecule is Cc1nc(C)n(CCOCC2=C(C(=O)OC(C)C)C(c3ccccc3Cl)C(C(=O)Nc3ccccn3)C=N2)c1C. The van der Waals surface area contributed by atoms with Crippen LogP contribution in [-0.4, -0.2) is 51.9 Å². The maximum Gasteiger partial charge on any atom is 0.336 e. The zero-order chi connectivity index (χ0) is 28.8. The van der Waals surface area contributed by atoms with Gasteiger partial charge in [0, 0.05) is 35.6 Å². The average Bonchev–Trinajstić information content (AvgIpc) is 3.16. The standard InChI is InChI=1S/C30H34ClN5O4/c1-18(2)40-30(38)28-25(17-39-15-14-36-20(4)19(3)34-21(36)5)33-16-23(27(28)22-10-6-7-11-24(22)31)29(37)35-26-12-8-9-13-32-26/h6-13,16,18,23,27H,14-15,17H2,1-5H3,(H,32,35,37). The number of carbonyl (C=O) groups excluding carboxylic acids is 2. The Morgan fingerprint density at radius 3 is 2.50 bits per heavy atom. The van der Waals surface area contributed by atoms with Crippen molar-refractivity contribution < 1.29 is 19.1 Å². The van der Waals surface area contributed by atoms with Crippen molar-refractivity contribution >= 4 is 35.5 Å². The summed E-state index contributed by atoms with van der Waals surface area (Å²) in [7, 11) is 0. The van der Waals surface area contributed by atoms with Crippen molar-refractivity contribution in [2.45, 2.75) is 53.2 Å². The van der Waals surface area contributed by atoms with Gasteiger partial charge >= 0.3 is 5.97 Å². The lowest BCUT2D eigenvalue weighted by molar-refractivity contribution is -0.143. The summed E-state index contributed by atoms with van der Waals surface area (Å²) in [5.74, 6) is -1.23. The molecular weight excluding hydrogens is 530 g/mol. The number of esters is 1. The Bertz CT molecular complexity index is 1430. The fourth-order valence-corrected chi connectivity index (χ4v) is 4.99. The minimum absolute atomic E-state index is 0.0559. The number of aryl methyl sites for hydroxylation is 2. The highest BCUT2D eigenvalue weighted by atomic mass is 35.5. The van der Waals surface area contributed by atoms with Gasteiger partial charge in [0.2, 0.25) is 5.91 Å².